The van der Waals surface area contributed by atoms with Crippen LogP contribution in [0.15, 0.2) is 0 Å². The highest BCUT2D eigenvalue weighted by Gasteiger charge is 2.49. The minimum atomic E-state index is 0. The Bertz CT molecular complexity index is 347. The normalized spacial score (nSPS) is 34.1. The zero-order valence-corrected chi connectivity index (χ0v) is 12.4. The van der Waals surface area contributed by atoms with Crippen molar-refractivity contribution in [2.45, 2.75) is 38.5 Å². The molecule has 2 aliphatic carbocycles. The third-order valence-electron chi connectivity index (χ3n) is 5.63. The summed E-state index contributed by atoms with van der Waals surface area (Å²) < 4.78 is 0. The van der Waals surface area contributed by atoms with Crippen LogP contribution in [0.5, 0.6) is 0 Å². The molecule has 2 aliphatic heterocycles. The first-order valence-electron chi connectivity index (χ1n) is 7.77. The summed E-state index contributed by atoms with van der Waals surface area (Å²) in [5.74, 6) is 2.43. The van der Waals surface area contributed by atoms with Crippen LogP contribution in [0.3, 0.4) is 0 Å². The Labute approximate surface area is 121 Å². The highest BCUT2D eigenvalue weighted by Crippen LogP contribution is 2.50. The molecule has 1 amide bonds. The summed E-state index contributed by atoms with van der Waals surface area (Å²) in [6.07, 6.45) is 7.75. The van der Waals surface area contributed by atoms with Crippen molar-refractivity contribution < 1.29 is 4.79 Å². The standard InChI is InChI=1S/C15H24N2O.ClH/c18-14(13(11-1-2-11)12-3-4-12)17-8-6-15(10-17)5-7-16-9-15;/h11-13,16H,1-10H2;1H. The van der Waals surface area contributed by atoms with E-state index in [9.17, 15) is 4.79 Å². The number of hydrogen-bond acceptors (Lipinski definition) is 2. The molecule has 4 aliphatic rings. The van der Waals surface area contributed by atoms with E-state index in [1.165, 1.54) is 38.5 Å². The lowest BCUT2D eigenvalue weighted by molar-refractivity contribution is -0.136. The Morgan fingerprint density at radius 1 is 1.16 bits per heavy atom. The van der Waals surface area contributed by atoms with Crippen LogP contribution in [0.25, 0.3) is 0 Å². The zero-order valence-electron chi connectivity index (χ0n) is 11.6. The quantitative estimate of drug-likeness (QED) is 0.860. The summed E-state index contributed by atoms with van der Waals surface area (Å²) in [5.41, 5.74) is 0.438. The van der Waals surface area contributed by atoms with Gasteiger partial charge in [-0.05, 0) is 56.9 Å². The number of carbonyl (C=O) groups is 1. The van der Waals surface area contributed by atoms with Crippen LogP contribution in [0.4, 0.5) is 0 Å². The number of hydrogen-bond donors (Lipinski definition) is 1. The molecule has 0 aromatic carbocycles. The Balaban J connectivity index is 0.00000110. The second-order valence-electron chi connectivity index (χ2n) is 7.14. The van der Waals surface area contributed by atoms with Crippen LogP contribution in [-0.4, -0.2) is 37.0 Å². The third-order valence-corrected chi connectivity index (χ3v) is 5.63. The molecule has 1 atom stereocenters. The Hall–Kier alpha value is -0.280. The minimum Gasteiger partial charge on any atom is -0.342 e. The van der Waals surface area contributed by atoms with Crippen LogP contribution in [0, 0.1) is 23.2 Å². The average molecular weight is 285 g/mol. The molecule has 4 heteroatoms. The number of nitrogens with zero attached hydrogens (tertiary/aromatic N) is 1. The second-order valence-corrected chi connectivity index (χ2v) is 7.14. The van der Waals surface area contributed by atoms with E-state index in [1.54, 1.807) is 0 Å². The van der Waals surface area contributed by atoms with E-state index >= 15 is 0 Å². The first-order valence-corrected chi connectivity index (χ1v) is 7.77. The molecule has 19 heavy (non-hydrogen) atoms. The molecule has 0 aromatic rings. The molecule has 1 spiro atoms. The Morgan fingerprint density at radius 3 is 2.37 bits per heavy atom. The van der Waals surface area contributed by atoms with Crippen molar-refractivity contribution in [3.63, 3.8) is 0 Å². The molecule has 1 N–H and O–H groups in total. The molecular weight excluding hydrogens is 260 g/mol. The smallest absolute Gasteiger partial charge is 0.226 e. The molecule has 3 nitrogen and oxygen atoms in total. The molecule has 2 heterocycles. The minimum absolute atomic E-state index is 0. The van der Waals surface area contributed by atoms with Gasteiger partial charge in [-0.2, -0.15) is 0 Å². The number of nitrogens with one attached hydrogen (secondary N) is 1. The summed E-state index contributed by atoms with van der Waals surface area (Å²) in [6.45, 7) is 4.34. The first-order chi connectivity index (χ1) is 8.77. The molecule has 0 radical (unpaired) electrons. The fraction of sp³-hybridized carbons (Fsp3) is 0.933. The number of likely N-dealkylation sites (tertiary alicyclic amines) is 1. The predicted octanol–water partition coefficient (Wildman–Crippen LogP) is 2.06. The van der Waals surface area contributed by atoms with Crippen LogP contribution in [0.1, 0.15) is 38.5 Å². The van der Waals surface area contributed by atoms with Crippen LogP contribution in [0.2, 0.25) is 0 Å². The Morgan fingerprint density at radius 2 is 1.84 bits per heavy atom. The van der Waals surface area contributed by atoms with Gasteiger partial charge in [-0.15, -0.1) is 12.4 Å². The summed E-state index contributed by atoms with van der Waals surface area (Å²) in [6, 6.07) is 0. The fourth-order valence-electron chi connectivity index (χ4n) is 4.18. The van der Waals surface area contributed by atoms with Gasteiger partial charge < -0.3 is 10.2 Å². The number of rotatable bonds is 3. The summed E-state index contributed by atoms with van der Waals surface area (Å²) >= 11 is 0. The van der Waals surface area contributed by atoms with Crippen LogP contribution >= 0.6 is 12.4 Å². The monoisotopic (exact) mass is 284 g/mol. The lowest BCUT2D eigenvalue weighted by atomic mass is 9.86. The van der Waals surface area contributed by atoms with E-state index in [-0.39, 0.29) is 12.4 Å². The second kappa shape index (κ2) is 4.92. The first kappa shape index (κ1) is 13.7. The molecular formula is C15H25ClN2O. The van der Waals surface area contributed by atoms with Crippen molar-refractivity contribution in [3.8, 4) is 0 Å². The Kier molecular flexibility index (Phi) is 3.55. The predicted molar refractivity (Wildman–Crippen MR) is 77.3 cm³/mol. The van der Waals surface area contributed by atoms with Gasteiger partial charge in [0.15, 0.2) is 0 Å². The van der Waals surface area contributed by atoms with Gasteiger partial charge in [-0.3, -0.25) is 4.79 Å². The molecule has 0 bridgehead atoms. The summed E-state index contributed by atoms with van der Waals surface area (Å²) in [5, 5.41) is 3.48. The van der Waals surface area contributed by atoms with Crippen molar-refractivity contribution in [1.29, 1.82) is 0 Å². The van der Waals surface area contributed by atoms with Crippen molar-refractivity contribution in [1.82, 2.24) is 10.2 Å². The van der Waals surface area contributed by atoms with E-state index in [4.69, 9.17) is 0 Å². The van der Waals surface area contributed by atoms with Gasteiger partial charge in [0.1, 0.15) is 0 Å². The lowest BCUT2D eigenvalue weighted by Gasteiger charge is -2.26. The van der Waals surface area contributed by atoms with E-state index in [0.717, 1.165) is 38.0 Å². The maximum absolute atomic E-state index is 12.8. The van der Waals surface area contributed by atoms with E-state index in [1.807, 2.05) is 0 Å². The molecule has 4 rings (SSSR count). The van der Waals surface area contributed by atoms with E-state index in [2.05, 4.69) is 10.2 Å². The van der Waals surface area contributed by atoms with Gasteiger partial charge in [0.05, 0.1) is 0 Å². The zero-order chi connectivity index (χ0) is 12.2. The van der Waals surface area contributed by atoms with Gasteiger partial charge in [-0.1, -0.05) is 0 Å². The molecule has 0 aromatic heterocycles. The van der Waals surface area contributed by atoms with Crippen molar-refractivity contribution in [3.05, 3.63) is 0 Å². The number of halogens is 1. The summed E-state index contributed by atoms with van der Waals surface area (Å²) in [4.78, 5) is 15.0. The average Bonchev–Trinajstić information content (AvgIpc) is 3.31. The van der Waals surface area contributed by atoms with Gasteiger partial charge in [0.25, 0.3) is 0 Å². The maximum Gasteiger partial charge on any atom is 0.226 e. The highest BCUT2D eigenvalue weighted by molar-refractivity contribution is 5.85. The number of amides is 1. The lowest BCUT2D eigenvalue weighted by Crippen LogP contribution is -2.38. The van der Waals surface area contributed by atoms with Crippen molar-refractivity contribution in [2.75, 3.05) is 26.2 Å². The highest BCUT2D eigenvalue weighted by atomic mass is 35.5. The SMILES string of the molecule is Cl.O=C(C(C1CC1)C1CC1)N1CCC2(CCNC2)C1. The molecule has 108 valence electrons. The number of carbonyl (C=O) groups excluding carboxylic acids is 1. The van der Waals surface area contributed by atoms with Gasteiger partial charge in [0.2, 0.25) is 5.91 Å². The van der Waals surface area contributed by atoms with Crippen molar-refractivity contribution in [2.24, 2.45) is 23.2 Å². The summed E-state index contributed by atoms with van der Waals surface area (Å²) in [7, 11) is 0. The van der Waals surface area contributed by atoms with E-state index in [0.29, 0.717) is 17.2 Å². The molecule has 4 fully saturated rings. The third kappa shape index (κ3) is 2.52. The molecule has 2 saturated heterocycles. The molecule has 2 saturated carbocycles. The van der Waals surface area contributed by atoms with Crippen LogP contribution < -0.4 is 5.32 Å². The van der Waals surface area contributed by atoms with Crippen LogP contribution in [-0.2, 0) is 4.79 Å². The molecule has 1 unspecified atom stereocenters. The largest absolute Gasteiger partial charge is 0.342 e. The maximum atomic E-state index is 12.8. The fourth-order valence-corrected chi connectivity index (χ4v) is 4.18. The van der Waals surface area contributed by atoms with Gasteiger partial charge in [0, 0.05) is 31.0 Å². The van der Waals surface area contributed by atoms with Crippen molar-refractivity contribution >= 4 is 18.3 Å². The van der Waals surface area contributed by atoms with E-state index < -0.39 is 0 Å². The van der Waals surface area contributed by atoms with Gasteiger partial charge in [-0.25, -0.2) is 0 Å². The van der Waals surface area contributed by atoms with Gasteiger partial charge >= 0.3 is 0 Å². The topological polar surface area (TPSA) is 32.3 Å².